The van der Waals surface area contributed by atoms with Crippen molar-refractivity contribution >= 4 is 29.5 Å². The van der Waals surface area contributed by atoms with Crippen molar-refractivity contribution in [2.24, 2.45) is 0 Å². The normalized spacial score (nSPS) is 11.5. The van der Waals surface area contributed by atoms with Gasteiger partial charge in [-0.2, -0.15) is 4.98 Å². The average molecular weight is 657 g/mol. The summed E-state index contributed by atoms with van der Waals surface area (Å²) in [6.45, 7) is 9.42. The number of likely N-dealkylation sites (N-methyl/N-ethyl adjacent to an activating group) is 2. The first kappa shape index (κ1) is 35.5. The van der Waals surface area contributed by atoms with Gasteiger partial charge in [0.25, 0.3) is 5.91 Å². The predicted molar refractivity (Wildman–Crippen MR) is 186 cm³/mol. The zero-order valence-corrected chi connectivity index (χ0v) is 28.6. The molecular formula is C36H44N6O6. The number of hydrogen-bond acceptors (Lipinski definition) is 9. The van der Waals surface area contributed by atoms with E-state index in [1.54, 1.807) is 67.6 Å². The molecule has 0 spiro atoms. The van der Waals surface area contributed by atoms with Crippen LogP contribution in [0.1, 0.15) is 46.9 Å². The first-order valence-electron chi connectivity index (χ1n) is 15.7. The van der Waals surface area contributed by atoms with Crippen molar-refractivity contribution in [2.45, 2.75) is 26.8 Å². The molecule has 0 radical (unpaired) electrons. The maximum Gasteiger partial charge on any atom is 0.413 e. The lowest BCUT2D eigenvalue weighted by Crippen LogP contribution is -2.36. The lowest BCUT2D eigenvalue weighted by molar-refractivity contribution is 0.0779. The Morgan fingerprint density at radius 3 is 2.10 bits per heavy atom. The molecule has 4 rings (SSSR count). The summed E-state index contributed by atoms with van der Waals surface area (Å²) in [4.78, 5) is 40.3. The van der Waals surface area contributed by atoms with E-state index in [-0.39, 0.29) is 17.7 Å². The highest BCUT2D eigenvalue weighted by Gasteiger charge is 2.34. The van der Waals surface area contributed by atoms with Gasteiger partial charge in [-0.25, -0.2) is 14.7 Å². The van der Waals surface area contributed by atoms with Gasteiger partial charge in [-0.3, -0.25) is 4.79 Å². The lowest BCUT2D eigenvalue weighted by atomic mass is 9.94. The molecule has 0 fully saturated rings. The topological polar surface area (TPSA) is 130 Å². The molecular weight excluding hydrogens is 612 g/mol. The van der Waals surface area contributed by atoms with E-state index >= 15 is 0 Å². The number of methoxy groups -OCH3 is 3. The molecule has 1 aromatic heterocycles. The van der Waals surface area contributed by atoms with Crippen LogP contribution in [0.3, 0.4) is 0 Å². The van der Waals surface area contributed by atoms with Gasteiger partial charge in [-0.05, 0) is 80.7 Å². The average Bonchev–Trinajstić information content (AvgIpc) is 3.10. The van der Waals surface area contributed by atoms with Crippen LogP contribution in [-0.4, -0.2) is 91.4 Å². The van der Waals surface area contributed by atoms with Crippen LogP contribution < -0.4 is 24.4 Å². The summed E-state index contributed by atoms with van der Waals surface area (Å²) in [6, 6.07) is 18.4. The number of rotatable bonds is 15. The first-order valence-corrected chi connectivity index (χ1v) is 15.7. The molecule has 12 heteroatoms. The van der Waals surface area contributed by atoms with Crippen LogP contribution in [0, 0.1) is 6.92 Å². The quantitative estimate of drug-likeness (QED) is 0.152. The number of nitrogens with one attached hydrogen (secondary N) is 1. The number of carbonyl (C=O) groups excluding carboxylic acids is 1. The smallest absolute Gasteiger partial charge is 0.413 e. The van der Waals surface area contributed by atoms with E-state index in [0.717, 1.165) is 30.1 Å². The molecule has 0 aliphatic heterocycles. The molecule has 0 aliphatic carbocycles. The number of anilines is 3. The minimum atomic E-state index is -1.26. The van der Waals surface area contributed by atoms with Gasteiger partial charge in [-0.15, -0.1) is 0 Å². The van der Waals surface area contributed by atoms with Gasteiger partial charge in [0.05, 0.1) is 27.4 Å². The Kier molecular flexibility index (Phi) is 12.2. The van der Waals surface area contributed by atoms with E-state index in [4.69, 9.17) is 14.2 Å². The largest absolute Gasteiger partial charge is 0.497 e. The lowest BCUT2D eigenvalue weighted by Gasteiger charge is -2.31. The standard InChI is InChI=1S/C36H44N6O6/c1-8-41(9-2)21-20-40(4)34(43)25-11-13-26(14-12-25)38-35-37-19-18-32(39-35)42(36(44)45)33(28-22-24(3)10-16-30(28)47-6)29-23-27(46-5)15-17-31(29)48-7/h10-19,22-23,33H,8-9,20-21H2,1-7H3,(H,44,45)(H,37,38,39). The molecule has 2 N–H and O–H groups in total. The summed E-state index contributed by atoms with van der Waals surface area (Å²) < 4.78 is 16.9. The molecule has 0 saturated carbocycles. The third-order valence-corrected chi connectivity index (χ3v) is 8.14. The number of nitrogens with zero attached hydrogens (tertiary/aromatic N) is 5. The second kappa shape index (κ2) is 16.5. The zero-order chi connectivity index (χ0) is 34.8. The van der Waals surface area contributed by atoms with Crippen LogP contribution in [0.15, 0.2) is 72.9 Å². The fourth-order valence-corrected chi connectivity index (χ4v) is 5.43. The Morgan fingerprint density at radius 1 is 0.854 bits per heavy atom. The number of amides is 2. The van der Waals surface area contributed by atoms with Crippen LogP contribution in [0.4, 0.5) is 22.2 Å². The molecule has 0 bridgehead atoms. The zero-order valence-electron chi connectivity index (χ0n) is 28.6. The molecule has 48 heavy (non-hydrogen) atoms. The van der Waals surface area contributed by atoms with Gasteiger partial charge in [0, 0.05) is 48.7 Å². The van der Waals surface area contributed by atoms with Gasteiger partial charge in [0.2, 0.25) is 5.95 Å². The second-order valence-electron chi connectivity index (χ2n) is 11.1. The molecule has 254 valence electrons. The third kappa shape index (κ3) is 8.31. The van der Waals surface area contributed by atoms with E-state index in [1.165, 1.54) is 26.5 Å². The van der Waals surface area contributed by atoms with Crippen LogP contribution in [0.5, 0.6) is 17.2 Å². The third-order valence-electron chi connectivity index (χ3n) is 8.14. The number of hydrogen-bond donors (Lipinski definition) is 2. The SMILES string of the molecule is CCN(CC)CCN(C)C(=O)c1ccc(Nc2nccc(N(C(=O)O)C(c3cc(C)ccc3OC)c3cc(OC)ccc3OC)n2)cc1. The van der Waals surface area contributed by atoms with E-state index in [9.17, 15) is 14.7 Å². The molecule has 1 heterocycles. The minimum absolute atomic E-state index is 0.0744. The van der Waals surface area contributed by atoms with Crippen LogP contribution in [-0.2, 0) is 0 Å². The minimum Gasteiger partial charge on any atom is -0.497 e. The highest BCUT2D eigenvalue weighted by molar-refractivity contribution is 5.94. The predicted octanol–water partition coefficient (Wildman–Crippen LogP) is 6.24. The van der Waals surface area contributed by atoms with Crippen LogP contribution in [0.2, 0.25) is 0 Å². The Balaban J connectivity index is 1.68. The molecule has 3 aromatic carbocycles. The Hall–Kier alpha value is -5.36. The van der Waals surface area contributed by atoms with Gasteiger partial charge < -0.3 is 34.4 Å². The van der Waals surface area contributed by atoms with E-state index in [2.05, 4.69) is 34.0 Å². The highest BCUT2D eigenvalue weighted by atomic mass is 16.5. The molecule has 1 unspecified atom stereocenters. The second-order valence-corrected chi connectivity index (χ2v) is 11.1. The van der Waals surface area contributed by atoms with Crippen molar-refractivity contribution < 1.29 is 28.9 Å². The monoisotopic (exact) mass is 656 g/mol. The van der Waals surface area contributed by atoms with Crippen LogP contribution >= 0.6 is 0 Å². The summed E-state index contributed by atoms with van der Waals surface area (Å²) in [6.07, 6.45) is 0.225. The molecule has 2 amide bonds. The van der Waals surface area contributed by atoms with E-state index in [0.29, 0.717) is 46.2 Å². The van der Waals surface area contributed by atoms with Crippen molar-refractivity contribution in [2.75, 3.05) is 64.8 Å². The Morgan fingerprint density at radius 2 is 1.50 bits per heavy atom. The first-order chi connectivity index (χ1) is 23.1. The van der Waals surface area contributed by atoms with Gasteiger partial charge in [0.15, 0.2) is 0 Å². The molecule has 0 saturated heterocycles. The van der Waals surface area contributed by atoms with Gasteiger partial charge in [0.1, 0.15) is 23.1 Å². The summed E-state index contributed by atoms with van der Waals surface area (Å²) in [7, 11) is 6.40. The number of aryl methyl sites for hydroxylation is 1. The van der Waals surface area contributed by atoms with Gasteiger partial charge >= 0.3 is 6.09 Å². The number of ether oxygens (including phenoxy) is 3. The summed E-state index contributed by atoms with van der Waals surface area (Å²) in [5.41, 5.74) is 3.20. The number of carbonyl (C=O) groups is 2. The molecule has 4 aromatic rings. The summed E-state index contributed by atoms with van der Waals surface area (Å²) in [5, 5.41) is 13.9. The molecule has 0 aliphatic rings. The highest BCUT2D eigenvalue weighted by Crippen LogP contribution is 2.42. The van der Waals surface area contributed by atoms with E-state index < -0.39 is 12.1 Å². The molecule has 12 nitrogen and oxygen atoms in total. The van der Waals surface area contributed by atoms with Gasteiger partial charge in [-0.1, -0.05) is 25.5 Å². The molecule has 1 atom stereocenters. The van der Waals surface area contributed by atoms with Crippen molar-refractivity contribution in [1.82, 2.24) is 19.8 Å². The summed E-state index contributed by atoms with van der Waals surface area (Å²) >= 11 is 0. The number of aromatic nitrogens is 2. The summed E-state index contributed by atoms with van der Waals surface area (Å²) in [5.74, 6) is 1.67. The van der Waals surface area contributed by atoms with Crippen molar-refractivity contribution in [3.63, 3.8) is 0 Å². The Bertz CT molecular complexity index is 1700. The maximum atomic E-state index is 13.2. The fraction of sp³-hybridized carbons (Fsp3) is 0.333. The maximum absolute atomic E-state index is 13.2. The van der Waals surface area contributed by atoms with Crippen molar-refractivity contribution in [3.8, 4) is 17.2 Å². The number of benzene rings is 3. The Labute approximate surface area is 281 Å². The fourth-order valence-electron chi connectivity index (χ4n) is 5.43. The van der Waals surface area contributed by atoms with Crippen molar-refractivity contribution in [3.05, 3.63) is 95.2 Å². The van der Waals surface area contributed by atoms with Crippen molar-refractivity contribution in [1.29, 1.82) is 0 Å². The van der Waals surface area contributed by atoms with E-state index in [1.807, 2.05) is 19.1 Å². The van der Waals surface area contributed by atoms with Crippen LogP contribution in [0.25, 0.3) is 0 Å². The number of carboxylic acid groups (broad SMARTS) is 1.